The van der Waals surface area contributed by atoms with Crippen LogP contribution < -0.4 is 11.1 Å². The minimum Gasteiger partial charge on any atom is -0.328 e. The van der Waals surface area contributed by atoms with E-state index in [1.54, 1.807) is 0 Å². The third-order valence-corrected chi connectivity index (χ3v) is 6.23. The number of hydrogen-bond donors (Lipinski definition) is 2. The summed E-state index contributed by atoms with van der Waals surface area (Å²) in [5.74, 6) is 2.64. The molecule has 3 rings (SSSR count). The van der Waals surface area contributed by atoms with Gasteiger partial charge in [-0.2, -0.15) is 11.8 Å². The van der Waals surface area contributed by atoms with Crippen LogP contribution in [0.4, 0.5) is 5.69 Å². The number of rotatable bonds is 4. The molecule has 2 fully saturated rings. The Bertz CT molecular complexity index is 582. The van der Waals surface area contributed by atoms with Crippen molar-refractivity contribution in [1.82, 2.24) is 4.90 Å². The van der Waals surface area contributed by atoms with Crippen LogP contribution in [0.1, 0.15) is 36.8 Å². The third-order valence-electron chi connectivity index (χ3n) is 5.29. The summed E-state index contributed by atoms with van der Waals surface area (Å²) in [6.45, 7) is 5.40. The standard InChI is InChI=1S/C19H29N3OS.2ClH/c1-14-16(13-22-8-10-24-11-9-22)5-3-7-18(14)21-19(23)15-4-2-6-17(20)12-15;;/h3,5,7,15,17H,2,4,6,8-13,20H2,1H3,(H,21,23);2*1H. The van der Waals surface area contributed by atoms with Crippen LogP contribution in [0, 0.1) is 12.8 Å². The normalized spacial score (nSPS) is 23.5. The Morgan fingerprint density at radius 1 is 1.27 bits per heavy atom. The highest BCUT2D eigenvalue weighted by Crippen LogP contribution is 2.26. The van der Waals surface area contributed by atoms with Crippen molar-refractivity contribution in [2.45, 2.75) is 45.2 Å². The number of halogens is 2. The number of nitrogens with zero attached hydrogens (tertiary/aromatic N) is 1. The average Bonchev–Trinajstić information content (AvgIpc) is 2.59. The van der Waals surface area contributed by atoms with Crippen LogP contribution in [0.3, 0.4) is 0 Å². The van der Waals surface area contributed by atoms with Gasteiger partial charge in [0.05, 0.1) is 0 Å². The minimum atomic E-state index is 0. The van der Waals surface area contributed by atoms with E-state index in [1.807, 2.05) is 17.8 Å². The fraction of sp³-hybridized carbons (Fsp3) is 0.632. The van der Waals surface area contributed by atoms with Crippen LogP contribution in [0.25, 0.3) is 0 Å². The smallest absolute Gasteiger partial charge is 0.227 e. The summed E-state index contributed by atoms with van der Waals surface area (Å²) in [6, 6.07) is 6.44. The lowest BCUT2D eigenvalue weighted by atomic mass is 9.85. The van der Waals surface area contributed by atoms with E-state index >= 15 is 0 Å². The highest BCUT2D eigenvalue weighted by Gasteiger charge is 2.25. The number of nitrogens with one attached hydrogen (secondary N) is 1. The molecule has 1 amide bonds. The molecule has 1 saturated carbocycles. The number of nitrogens with two attached hydrogens (primary N) is 1. The molecule has 1 aromatic carbocycles. The zero-order valence-electron chi connectivity index (χ0n) is 15.4. The van der Waals surface area contributed by atoms with E-state index in [2.05, 4.69) is 29.3 Å². The maximum atomic E-state index is 12.6. The number of carbonyl (C=O) groups excluding carboxylic acids is 1. The van der Waals surface area contributed by atoms with Gasteiger partial charge in [-0.05, 0) is 43.4 Å². The molecule has 1 aliphatic carbocycles. The number of thioether (sulfide) groups is 1. The SMILES string of the molecule is Cc1c(CN2CCSCC2)cccc1NC(=O)C1CCCC(N)C1.Cl.Cl. The van der Waals surface area contributed by atoms with Crippen molar-refractivity contribution < 1.29 is 4.79 Å². The predicted octanol–water partition coefficient (Wildman–Crippen LogP) is 3.84. The topological polar surface area (TPSA) is 58.4 Å². The summed E-state index contributed by atoms with van der Waals surface area (Å²) in [7, 11) is 0. The zero-order valence-corrected chi connectivity index (χ0v) is 17.9. The van der Waals surface area contributed by atoms with Crippen molar-refractivity contribution in [2.24, 2.45) is 11.7 Å². The van der Waals surface area contributed by atoms with Gasteiger partial charge in [0.25, 0.3) is 0 Å². The highest BCUT2D eigenvalue weighted by atomic mass is 35.5. The molecule has 3 N–H and O–H groups in total. The van der Waals surface area contributed by atoms with Crippen molar-refractivity contribution in [3.05, 3.63) is 29.3 Å². The van der Waals surface area contributed by atoms with Gasteiger partial charge < -0.3 is 11.1 Å². The molecule has 2 atom stereocenters. The molecule has 0 bridgehead atoms. The fourth-order valence-electron chi connectivity index (χ4n) is 3.69. The Balaban J connectivity index is 0.00000169. The Kier molecular flexibility index (Phi) is 10.3. The van der Waals surface area contributed by atoms with Crippen LogP contribution in [0.5, 0.6) is 0 Å². The number of benzene rings is 1. The Morgan fingerprint density at radius 2 is 2.00 bits per heavy atom. The van der Waals surface area contributed by atoms with E-state index in [0.29, 0.717) is 0 Å². The molecule has 1 saturated heterocycles. The van der Waals surface area contributed by atoms with E-state index in [1.165, 1.54) is 22.6 Å². The van der Waals surface area contributed by atoms with E-state index in [0.717, 1.165) is 51.0 Å². The first-order valence-corrected chi connectivity index (χ1v) is 10.2. The van der Waals surface area contributed by atoms with Crippen molar-refractivity contribution in [3.63, 3.8) is 0 Å². The molecule has 4 nitrogen and oxygen atoms in total. The van der Waals surface area contributed by atoms with Crippen molar-refractivity contribution in [2.75, 3.05) is 29.9 Å². The van der Waals surface area contributed by atoms with Gasteiger partial charge >= 0.3 is 0 Å². The molecule has 1 aliphatic heterocycles. The summed E-state index contributed by atoms with van der Waals surface area (Å²) in [5, 5.41) is 3.16. The van der Waals surface area contributed by atoms with Crippen LogP contribution in [0.2, 0.25) is 0 Å². The van der Waals surface area contributed by atoms with Gasteiger partial charge in [0.15, 0.2) is 0 Å². The molecule has 26 heavy (non-hydrogen) atoms. The summed E-state index contributed by atoms with van der Waals surface area (Å²) >= 11 is 2.03. The summed E-state index contributed by atoms with van der Waals surface area (Å²) in [4.78, 5) is 15.1. The molecular formula is C19H31Cl2N3OS. The molecule has 0 radical (unpaired) electrons. The lowest BCUT2D eigenvalue weighted by Crippen LogP contribution is -2.34. The number of amides is 1. The van der Waals surface area contributed by atoms with Gasteiger partial charge in [-0.3, -0.25) is 9.69 Å². The first kappa shape index (κ1) is 23.6. The molecule has 7 heteroatoms. The molecule has 0 spiro atoms. The zero-order chi connectivity index (χ0) is 16.9. The van der Waals surface area contributed by atoms with Gasteiger partial charge in [0.1, 0.15) is 0 Å². The number of anilines is 1. The van der Waals surface area contributed by atoms with Crippen LogP contribution in [-0.2, 0) is 11.3 Å². The summed E-state index contributed by atoms with van der Waals surface area (Å²) < 4.78 is 0. The van der Waals surface area contributed by atoms with Gasteiger partial charge in [0.2, 0.25) is 5.91 Å². The second-order valence-electron chi connectivity index (χ2n) is 7.09. The molecule has 1 heterocycles. The lowest BCUT2D eigenvalue weighted by Gasteiger charge is -2.28. The highest BCUT2D eigenvalue weighted by molar-refractivity contribution is 7.99. The van der Waals surface area contributed by atoms with E-state index in [4.69, 9.17) is 5.73 Å². The molecule has 1 aromatic rings. The van der Waals surface area contributed by atoms with Crippen LogP contribution in [0.15, 0.2) is 18.2 Å². The molecular weight excluding hydrogens is 389 g/mol. The van der Waals surface area contributed by atoms with Crippen LogP contribution >= 0.6 is 36.6 Å². The molecule has 0 aromatic heterocycles. The number of hydrogen-bond acceptors (Lipinski definition) is 4. The van der Waals surface area contributed by atoms with E-state index in [-0.39, 0.29) is 42.7 Å². The maximum absolute atomic E-state index is 12.6. The molecule has 2 unspecified atom stereocenters. The first-order valence-electron chi connectivity index (χ1n) is 9.08. The summed E-state index contributed by atoms with van der Waals surface area (Å²) in [5.41, 5.74) is 9.51. The quantitative estimate of drug-likeness (QED) is 0.777. The fourth-order valence-corrected chi connectivity index (χ4v) is 4.67. The van der Waals surface area contributed by atoms with Gasteiger partial charge in [-0.15, -0.1) is 24.8 Å². The third kappa shape index (κ3) is 6.31. The monoisotopic (exact) mass is 419 g/mol. The first-order chi connectivity index (χ1) is 11.6. The summed E-state index contributed by atoms with van der Waals surface area (Å²) in [6.07, 6.45) is 3.89. The van der Waals surface area contributed by atoms with Crippen molar-refractivity contribution in [1.29, 1.82) is 0 Å². The molecule has 148 valence electrons. The largest absolute Gasteiger partial charge is 0.328 e. The Hall–Kier alpha value is -0.460. The lowest BCUT2D eigenvalue weighted by molar-refractivity contribution is -0.120. The second-order valence-corrected chi connectivity index (χ2v) is 8.32. The van der Waals surface area contributed by atoms with Crippen molar-refractivity contribution in [3.8, 4) is 0 Å². The average molecular weight is 420 g/mol. The van der Waals surface area contributed by atoms with Gasteiger partial charge in [-0.1, -0.05) is 18.6 Å². The van der Waals surface area contributed by atoms with Crippen LogP contribution in [-0.4, -0.2) is 41.4 Å². The van der Waals surface area contributed by atoms with Gasteiger partial charge in [-0.25, -0.2) is 0 Å². The van der Waals surface area contributed by atoms with E-state index < -0.39 is 0 Å². The van der Waals surface area contributed by atoms with Gasteiger partial charge in [0, 0.05) is 48.8 Å². The van der Waals surface area contributed by atoms with Crippen molar-refractivity contribution >= 4 is 48.2 Å². The Labute approximate surface area is 173 Å². The second kappa shape index (κ2) is 11.4. The number of carbonyl (C=O) groups is 1. The molecule has 2 aliphatic rings. The predicted molar refractivity (Wildman–Crippen MR) is 117 cm³/mol. The minimum absolute atomic E-state index is 0. The van der Waals surface area contributed by atoms with E-state index in [9.17, 15) is 4.79 Å². The maximum Gasteiger partial charge on any atom is 0.227 e. The Morgan fingerprint density at radius 3 is 2.69 bits per heavy atom.